The van der Waals surface area contributed by atoms with Crippen molar-refractivity contribution in [2.75, 3.05) is 0 Å². The Morgan fingerprint density at radius 2 is 1.83 bits per heavy atom. The van der Waals surface area contributed by atoms with E-state index >= 15 is 0 Å². The van der Waals surface area contributed by atoms with Crippen molar-refractivity contribution < 1.29 is 4.79 Å². The maximum Gasteiger partial charge on any atom is 0.272 e. The van der Waals surface area contributed by atoms with Gasteiger partial charge >= 0.3 is 0 Å². The molecule has 0 radical (unpaired) electrons. The number of carbonyl (C=O) groups is 1. The fourth-order valence-corrected chi connectivity index (χ4v) is 3.64. The Kier molecular flexibility index (Phi) is 5.27. The van der Waals surface area contributed by atoms with Gasteiger partial charge in [0, 0.05) is 18.5 Å². The molecule has 1 aliphatic heterocycles. The SMILES string of the molecule is C=CCCC1=NC(=O)C(C)(C)N1Cc1ccc(-c2ccccc2-c2nn[nH]n2)cc1. The fraction of sp³-hybridized carbons (Fsp3) is 0.261. The summed E-state index contributed by atoms with van der Waals surface area (Å²) in [7, 11) is 0. The van der Waals surface area contributed by atoms with Gasteiger partial charge in [-0.2, -0.15) is 10.2 Å². The number of benzene rings is 2. The Morgan fingerprint density at radius 3 is 2.50 bits per heavy atom. The molecule has 3 aromatic rings. The molecule has 152 valence electrons. The molecule has 1 amide bonds. The van der Waals surface area contributed by atoms with Gasteiger partial charge in [0.05, 0.1) is 0 Å². The quantitative estimate of drug-likeness (QED) is 0.605. The minimum absolute atomic E-state index is 0.0905. The van der Waals surface area contributed by atoms with E-state index in [-0.39, 0.29) is 5.91 Å². The number of aromatic amines is 1. The molecule has 0 spiro atoms. The largest absolute Gasteiger partial charge is 0.341 e. The number of rotatable bonds is 7. The monoisotopic (exact) mass is 400 g/mol. The third kappa shape index (κ3) is 3.66. The molecular formula is C23H24N6O. The average Bonchev–Trinajstić information content (AvgIpc) is 3.36. The van der Waals surface area contributed by atoms with Crippen LogP contribution in [0.5, 0.6) is 0 Å². The third-order valence-electron chi connectivity index (χ3n) is 5.43. The van der Waals surface area contributed by atoms with Crippen LogP contribution in [-0.2, 0) is 11.3 Å². The second-order valence-corrected chi connectivity index (χ2v) is 7.78. The molecule has 0 aliphatic carbocycles. The number of nitrogens with one attached hydrogen (secondary N) is 1. The zero-order valence-corrected chi connectivity index (χ0v) is 17.2. The highest BCUT2D eigenvalue weighted by Crippen LogP contribution is 2.31. The Bertz CT molecular complexity index is 1080. The van der Waals surface area contributed by atoms with Crippen LogP contribution in [-0.4, -0.2) is 42.8 Å². The number of aromatic nitrogens is 4. The van der Waals surface area contributed by atoms with Crippen molar-refractivity contribution in [3.8, 4) is 22.5 Å². The first-order valence-corrected chi connectivity index (χ1v) is 9.93. The molecule has 0 bridgehead atoms. The highest BCUT2D eigenvalue weighted by Gasteiger charge is 2.41. The first-order valence-electron chi connectivity index (χ1n) is 9.93. The van der Waals surface area contributed by atoms with Crippen molar-refractivity contribution in [2.45, 2.75) is 38.8 Å². The molecule has 0 fully saturated rings. The molecule has 4 rings (SSSR count). The molecule has 30 heavy (non-hydrogen) atoms. The predicted molar refractivity (Wildman–Crippen MR) is 117 cm³/mol. The highest BCUT2D eigenvalue weighted by atomic mass is 16.2. The highest BCUT2D eigenvalue weighted by molar-refractivity contribution is 6.06. The van der Waals surface area contributed by atoms with Crippen molar-refractivity contribution >= 4 is 11.7 Å². The summed E-state index contributed by atoms with van der Waals surface area (Å²) in [5.74, 6) is 1.30. The number of aliphatic imine (C=N–C) groups is 1. The van der Waals surface area contributed by atoms with Crippen molar-refractivity contribution in [2.24, 2.45) is 4.99 Å². The van der Waals surface area contributed by atoms with E-state index in [4.69, 9.17) is 0 Å². The van der Waals surface area contributed by atoms with Gasteiger partial charge in [0.2, 0.25) is 5.82 Å². The summed E-state index contributed by atoms with van der Waals surface area (Å²) < 4.78 is 0. The Morgan fingerprint density at radius 1 is 1.10 bits per heavy atom. The zero-order chi connectivity index (χ0) is 21.1. The minimum atomic E-state index is -0.638. The Hall–Kier alpha value is -3.61. The Labute approximate surface area is 175 Å². The summed E-state index contributed by atoms with van der Waals surface area (Å²) in [4.78, 5) is 18.8. The van der Waals surface area contributed by atoms with Crippen molar-refractivity contribution in [3.05, 3.63) is 66.7 Å². The summed E-state index contributed by atoms with van der Waals surface area (Å²) in [5, 5.41) is 14.4. The summed E-state index contributed by atoms with van der Waals surface area (Å²) in [5.41, 5.74) is 3.50. The van der Waals surface area contributed by atoms with Crippen molar-refractivity contribution in [3.63, 3.8) is 0 Å². The van der Waals surface area contributed by atoms with E-state index in [2.05, 4.69) is 61.4 Å². The molecule has 0 unspecified atom stereocenters. The van der Waals surface area contributed by atoms with Gasteiger partial charge < -0.3 is 4.90 Å². The van der Waals surface area contributed by atoms with Crippen LogP contribution in [0, 0.1) is 0 Å². The first kappa shape index (κ1) is 19.7. The third-order valence-corrected chi connectivity index (χ3v) is 5.43. The van der Waals surface area contributed by atoms with Crippen LogP contribution in [0.25, 0.3) is 22.5 Å². The van der Waals surface area contributed by atoms with Gasteiger partial charge in [-0.05, 0) is 42.2 Å². The number of hydrogen-bond acceptors (Lipinski definition) is 5. The molecule has 0 saturated heterocycles. The number of amides is 1. The summed E-state index contributed by atoms with van der Waals surface area (Å²) in [6.45, 7) is 8.26. The molecule has 1 aromatic heterocycles. The number of allylic oxidation sites excluding steroid dienone is 1. The van der Waals surface area contributed by atoms with Crippen LogP contribution in [0.15, 0.2) is 66.2 Å². The summed E-state index contributed by atoms with van der Waals surface area (Å²) >= 11 is 0. The number of carbonyl (C=O) groups excluding carboxylic acids is 1. The van der Waals surface area contributed by atoms with Crippen LogP contribution >= 0.6 is 0 Å². The smallest absolute Gasteiger partial charge is 0.272 e. The number of hydrogen-bond donors (Lipinski definition) is 1. The summed E-state index contributed by atoms with van der Waals surface area (Å²) in [6, 6.07) is 16.3. The lowest BCUT2D eigenvalue weighted by Gasteiger charge is -2.32. The Balaban J connectivity index is 1.59. The molecule has 7 nitrogen and oxygen atoms in total. The first-order chi connectivity index (χ1) is 14.5. The summed E-state index contributed by atoms with van der Waals surface area (Å²) in [6.07, 6.45) is 3.37. The average molecular weight is 400 g/mol. The zero-order valence-electron chi connectivity index (χ0n) is 17.2. The molecule has 7 heteroatoms. The standard InChI is InChI=1S/C23H24N6O/c1-4-5-10-20-24-22(30)23(2,3)29(20)15-16-11-13-17(14-12-16)18-8-6-7-9-19(18)21-25-27-28-26-21/h4,6-9,11-14H,1,5,10,15H2,2-3H3,(H,25,26,27,28). The molecule has 1 aliphatic rings. The molecule has 2 aromatic carbocycles. The van der Waals surface area contributed by atoms with E-state index in [0.717, 1.165) is 40.9 Å². The second-order valence-electron chi connectivity index (χ2n) is 7.78. The van der Waals surface area contributed by atoms with E-state index in [1.165, 1.54) is 0 Å². The van der Waals surface area contributed by atoms with Gasteiger partial charge in [0.25, 0.3) is 5.91 Å². The number of amidine groups is 1. The van der Waals surface area contributed by atoms with E-state index in [1.807, 2.05) is 44.2 Å². The van der Waals surface area contributed by atoms with Gasteiger partial charge in [0.1, 0.15) is 11.4 Å². The maximum absolute atomic E-state index is 12.4. The lowest BCUT2D eigenvalue weighted by molar-refractivity contribution is -0.124. The van der Waals surface area contributed by atoms with E-state index in [1.54, 1.807) is 0 Å². The molecule has 2 heterocycles. The van der Waals surface area contributed by atoms with Crippen LogP contribution in [0.3, 0.4) is 0 Å². The van der Waals surface area contributed by atoms with Gasteiger partial charge in [-0.15, -0.1) is 16.8 Å². The lowest BCUT2D eigenvalue weighted by atomic mass is 9.97. The van der Waals surface area contributed by atoms with Gasteiger partial charge in [-0.25, -0.2) is 0 Å². The molecule has 0 atom stereocenters. The normalized spacial score (nSPS) is 15.3. The van der Waals surface area contributed by atoms with Gasteiger partial charge in [0.15, 0.2) is 0 Å². The van der Waals surface area contributed by atoms with Gasteiger partial charge in [-0.1, -0.05) is 54.6 Å². The minimum Gasteiger partial charge on any atom is -0.341 e. The molecule has 1 N–H and O–H groups in total. The maximum atomic E-state index is 12.4. The number of tetrazole rings is 1. The lowest BCUT2D eigenvalue weighted by Crippen LogP contribution is -2.46. The van der Waals surface area contributed by atoms with Gasteiger partial charge in [-0.3, -0.25) is 4.79 Å². The molecular weight excluding hydrogens is 376 g/mol. The van der Waals surface area contributed by atoms with E-state index in [0.29, 0.717) is 12.4 Å². The number of H-pyrrole nitrogens is 1. The van der Waals surface area contributed by atoms with Crippen molar-refractivity contribution in [1.29, 1.82) is 0 Å². The van der Waals surface area contributed by atoms with E-state index in [9.17, 15) is 4.79 Å². The van der Waals surface area contributed by atoms with E-state index < -0.39 is 5.54 Å². The van der Waals surface area contributed by atoms with Crippen LogP contribution in [0.4, 0.5) is 0 Å². The fourth-order valence-electron chi connectivity index (χ4n) is 3.64. The van der Waals surface area contributed by atoms with Crippen LogP contribution in [0.1, 0.15) is 32.3 Å². The van der Waals surface area contributed by atoms with Crippen LogP contribution < -0.4 is 0 Å². The van der Waals surface area contributed by atoms with Crippen molar-refractivity contribution in [1.82, 2.24) is 25.5 Å². The predicted octanol–water partition coefficient (Wildman–Crippen LogP) is 4.02. The topological polar surface area (TPSA) is 87.1 Å². The second kappa shape index (κ2) is 8.02. The molecule has 0 saturated carbocycles. The number of nitrogens with zero attached hydrogens (tertiary/aromatic N) is 5. The van der Waals surface area contributed by atoms with Crippen LogP contribution in [0.2, 0.25) is 0 Å².